The zero-order valence-electron chi connectivity index (χ0n) is 11.0. The molecule has 1 aromatic rings. The summed E-state index contributed by atoms with van der Waals surface area (Å²) in [6, 6.07) is 0. The molecule has 0 spiro atoms. The van der Waals surface area contributed by atoms with Gasteiger partial charge < -0.3 is 10.6 Å². The van der Waals surface area contributed by atoms with E-state index >= 15 is 0 Å². The standard InChI is InChI=1S/C13H20N2OS2/c1-3-9(16)11-10(14)12(17-2)13(18-11)15-7-5-4-6-8-15/h3-8,14H2,1-2H3. The first-order valence-electron chi connectivity index (χ1n) is 6.43. The van der Waals surface area contributed by atoms with Crippen molar-refractivity contribution >= 4 is 39.6 Å². The number of rotatable bonds is 4. The molecular formula is C13H20N2OS2. The lowest BCUT2D eigenvalue weighted by atomic mass is 10.1. The van der Waals surface area contributed by atoms with Crippen LogP contribution >= 0.6 is 23.1 Å². The number of nitrogens with zero attached hydrogens (tertiary/aromatic N) is 1. The second kappa shape index (κ2) is 5.97. The fourth-order valence-electron chi connectivity index (χ4n) is 2.29. The summed E-state index contributed by atoms with van der Waals surface area (Å²) >= 11 is 3.24. The first kappa shape index (κ1) is 13.7. The van der Waals surface area contributed by atoms with Crippen molar-refractivity contribution in [3.8, 4) is 0 Å². The van der Waals surface area contributed by atoms with E-state index in [2.05, 4.69) is 4.90 Å². The average Bonchev–Trinajstić information content (AvgIpc) is 2.76. The zero-order valence-corrected chi connectivity index (χ0v) is 12.6. The van der Waals surface area contributed by atoms with Gasteiger partial charge in [0.05, 0.1) is 15.5 Å². The molecule has 2 heterocycles. The highest BCUT2D eigenvalue weighted by Gasteiger charge is 2.23. The third kappa shape index (κ3) is 2.52. The van der Waals surface area contributed by atoms with Gasteiger partial charge in [0, 0.05) is 19.5 Å². The van der Waals surface area contributed by atoms with Gasteiger partial charge in [-0.25, -0.2) is 0 Å². The molecule has 1 saturated heterocycles. The lowest BCUT2D eigenvalue weighted by molar-refractivity contribution is 0.0992. The van der Waals surface area contributed by atoms with Crippen molar-refractivity contribution in [3.05, 3.63) is 4.88 Å². The van der Waals surface area contributed by atoms with Gasteiger partial charge in [-0.1, -0.05) is 6.92 Å². The fourth-order valence-corrected chi connectivity index (χ4v) is 4.53. The normalized spacial score (nSPS) is 16.0. The maximum atomic E-state index is 11.9. The van der Waals surface area contributed by atoms with Gasteiger partial charge in [-0.05, 0) is 25.5 Å². The predicted octanol–water partition coefficient (Wildman–Crippen LogP) is 3.64. The van der Waals surface area contributed by atoms with Gasteiger partial charge in [-0.15, -0.1) is 23.1 Å². The SMILES string of the molecule is CCC(=O)c1sc(N2CCCCC2)c(SC)c1N. The van der Waals surface area contributed by atoms with E-state index in [9.17, 15) is 4.79 Å². The number of nitrogens with two attached hydrogens (primary N) is 1. The molecule has 1 aliphatic rings. The molecule has 0 atom stereocenters. The third-order valence-corrected chi connectivity index (χ3v) is 5.56. The molecule has 5 heteroatoms. The van der Waals surface area contributed by atoms with E-state index in [4.69, 9.17) is 5.73 Å². The lowest BCUT2D eigenvalue weighted by Crippen LogP contribution is -2.28. The topological polar surface area (TPSA) is 46.3 Å². The monoisotopic (exact) mass is 284 g/mol. The van der Waals surface area contributed by atoms with Crippen LogP contribution in [0.25, 0.3) is 0 Å². The third-order valence-electron chi connectivity index (χ3n) is 3.30. The van der Waals surface area contributed by atoms with E-state index in [1.165, 1.54) is 24.3 Å². The maximum absolute atomic E-state index is 11.9. The van der Waals surface area contributed by atoms with E-state index in [1.807, 2.05) is 13.2 Å². The summed E-state index contributed by atoms with van der Waals surface area (Å²) in [5.74, 6) is 0.163. The summed E-state index contributed by atoms with van der Waals surface area (Å²) in [7, 11) is 0. The molecule has 0 bridgehead atoms. The van der Waals surface area contributed by atoms with Crippen molar-refractivity contribution in [3.63, 3.8) is 0 Å². The summed E-state index contributed by atoms with van der Waals surface area (Å²) in [5, 5.41) is 1.21. The number of carbonyl (C=O) groups excluding carboxylic acids is 1. The van der Waals surface area contributed by atoms with Crippen LogP contribution in [0.1, 0.15) is 42.3 Å². The summed E-state index contributed by atoms with van der Waals surface area (Å²) in [6.07, 6.45) is 6.35. The number of nitrogen functional groups attached to an aromatic ring is 1. The Hall–Kier alpha value is -0.680. The van der Waals surface area contributed by atoms with Crippen LogP contribution in [-0.4, -0.2) is 25.1 Å². The van der Waals surface area contributed by atoms with Gasteiger partial charge in [-0.2, -0.15) is 0 Å². The Labute approximate surface area is 117 Å². The van der Waals surface area contributed by atoms with Crippen molar-refractivity contribution in [2.75, 3.05) is 30.0 Å². The van der Waals surface area contributed by atoms with Gasteiger partial charge in [0.25, 0.3) is 0 Å². The Morgan fingerprint density at radius 2 is 2.06 bits per heavy atom. The zero-order chi connectivity index (χ0) is 13.1. The molecule has 1 aliphatic heterocycles. The molecule has 2 N–H and O–H groups in total. The van der Waals surface area contributed by atoms with Crippen molar-refractivity contribution in [1.29, 1.82) is 0 Å². The minimum Gasteiger partial charge on any atom is -0.396 e. The molecule has 0 aliphatic carbocycles. The molecule has 0 radical (unpaired) electrons. The highest BCUT2D eigenvalue weighted by molar-refractivity contribution is 7.99. The summed E-state index contributed by atoms with van der Waals surface area (Å²) in [6.45, 7) is 4.07. The highest BCUT2D eigenvalue weighted by Crippen LogP contribution is 2.44. The summed E-state index contributed by atoms with van der Waals surface area (Å²) in [5.41, 5.74) is 6.83. The minimum atomic E-state index is 0.163. The molecule has 0 saturated carbocycles. The first-order valence-corrected chi connectivity index (χ1v) is 8.47. The van der Waals surface area contributed by atoms with Crippen LogP contribution in [-0.2, 0) is 0 Å². The first-order chi connectivity index (χ1) is 8.69. The van der Waals surface area contributed by atoms with Gasteiger partial charge in [0.15, 0.2) is 5.78 Å². The van der Waals surface area contributed by atoms with Gasteiger partial charge in [0.2, 0.25) is 0 Å². The van der Waals surface area contributed by atoms with E-state index in [0.717, 1.165) is 22.9 Å². The van der Waals surface area contributed by atoms with Crippen molar-refractivity contribution in [2.45, 2.75) is 37.5 Å². The number of hydrogen-bond donors (Lipinski definition) is 1. The molecule has 1 aromatic heterocycles. The Balaban J connectivity index is 2.36. The molecule has 100 valence electrons. The average molecular weight is 284 g/mol. The maximum Gasteiger partial charge on any atom is 0.174 e. The summed E-state index contributed by atoms with van der Waals surface area (Å²) < 4.78 is 0. The number of Topliss-reactive ketones (excluding diaryl/α,β-unsaturated/α-hetero) is 1. The number of piperidine rings is 1. The second-order valence-electron chi connectivity index (χ2n) is 4.51. The number of carbonyl (C=O) groups is 1. The van der Waals surface area contributed by atoms with E-state index in [1.54, 1.807) is 23.1 Å². The molecule has 0 unspecified atom stereocenters. The number of anilines is 2. The van der Waals surface area contributed by atoms with Gasteiger partial charge >= 0.3 is 0 Å². The molecular weight excluding hydrogens is 264 g/mol. The Bertz CT molecular complexity index is 436. The quantitative estimate of drug-likeness (QED) is 0.677. The molecule has 1 fully saturated rings. The van der Waals surface area contributed by atoms with E-state index in [-0.39, 0.29) is 5.78 Å². The fraction of sp³-hybridized carbons (Fsp3) is 0.615. The van der Waals surface area contributed by atoms with Gasteiger partial charge in [-0.3, -0.25) is 4.79 Å². The number of thioether (sulfide) groups is 1. The van der Waals surface area contributed by atoms with E-state index < -0.39 is 0 Å². The van der Waals surface area contributed by atoms with Crippen LogP contribution < -0.4 is 10.6 Å². The van der Waals surface area contributed by atoms with Crippen LogP contribution in [0.15, 0.2) is 4.90 Å². The Kier molecular flexibility index (Phi) is 4.56. The molecule has 3 nitrogen and oxygen atoms in total. The Morgan fingerprint density at radius 3 is 2.61 bits per heavy atom. The number of thiophene rings is 1. The van der Waals surface area contributed by atoms with Crippen LogP contribution in [0, 0.1) is 0 Å². The molecule has 0 amide bonds. The van der Waals surface area contributed by atoms with Crippen LogP contribution in [0.3, 0.4) is 0 Å². The predicted molar refractivity (Wildman–Crippen MR) is 81.2 cm³/mol. The van der Waals surface area contributed by atoms with Crippen LogP contribution in [0.4, 0.5) is 10.7 Å². The second-order valence-corrected chi connectivity index (χ2v) is 6.32. The van der Waals surface area contributed by atoms with Crippen LogP contribution in [0.2, 0.25) is 0 Å². The molecule has 0 aromatic carbocycles. The van der Waals surface area contributed by atoms with Crippen molar-refractivity contribution in [1.82, 2.24) is 0 Å². The lowest BCUT2D eigenvalue weighted by Gasteiger charge is -2.28. The summed E-state index contributed by atoms with van der Waals surface area (Å²) in [4.78, 5) is 16.1. The highest BCUT2D eigenvalue weighted by atomic mass is 32.2. The Morgan fingerprint density at radius 1 is 1.39 bits per heavy atom. The smallest absolute Gasteiger partial charge is 0.174 e. The minimum absolute atomic E-state index is 0.163. The number of ketones is 1. The van der Waals surface area contributed by atoms with Gasteiger partial charge in [0.1, 0.15) is 5.00 Å². The van der Waals surface area contributed by atoms with E-state index in [0.29, 0.717) is 12.1 Å². The van der Waals surface area contributed by atoms with Crippen molar-refractivity contribution < 1.29 is 4.79 Å². The van der Waals surface area contributed by atoms with Crippen molar-refractivity contribution in [2.24, 2.45) is 0 Å². The number of hydrogen-bond acceptors (Lipinski definition) is 5. The molecule has 18 heavy (non-hydrogen) atoms. The van der Waals surface area contributed by atoms with Crippen LogP contribution in [0.5, 0.6) is 0 Å². The molecule has 2 rings (SSSR count). The largest absolute Gasteiger partial charge is 0.396 e.